The van der Waals surface area contributed by atoms with Crippen LogP contribution in [0.3, 0.4) is 0 Å². The molecule has 0 radical (unpaired) electrons. The van der Waals surface area contributed by atoms with E-state index in [-0.39, 0.29) is 12.2 Å². The largest absolute Gasteiger partial charge is 0.480 e. The van der Waals surface area contributed by atoms with Crippen LogP contribution < -0.4 is 5.69 Å². The van der Waals surface area contributed by atoms with Crippen LogP contribution in [0.25, 0.3) is 16.7 Å². The molecule has 0 saturated heterocycles. The van der Waals surface area contributed by atoms with Crippen molar-refractivity contribution in [1.29, 1.82) is 0 Å². The van der Waals surface area contributed by atoms with Crippen LogP contribution in [0.15, 0.2) is 47.3 Å². The standard InChI is InChI=1S/C17H16N2O3/c1-11-7-8-12(2)15(9-11)19-14-6-4-3-5-13(14)18(17(19)22)10-16(20)21/h3-9H,10H2,1-2H3,(H,20,21). The van der Waals surface area contributed by atoms with Gasteiger partial charge in [-0.15, -0.1) is 0 Å². The maximum atomic E-state index is 12.8. The summed E-state index contributed by atoms with van der Waals surface area (Å²) in [5.74, 6) is -1.04. The first-order valence-corrected chi connectivity index (χ1v) is 6.99. The van der Waals surface area contributed by atoms with Gasteiger partial charge in [0.25, 0.3) is 0 Å². The van der Waals surface area contributed by atoms with Crippen molar-refractivity contribution in [1.82, 2.24) is 9.13 Å². The Kier molecular flexibility index (Phi) is 3.33. The quantitative estimate of drug-likeness (QED) is 0.807. The van der Waals surface area contributed by atoms with E-state index in [0.29, 0.717) is 11.0 Å². The second-order valence-electron chi connectivity index (χ2n) is 5.38. The predicted octanol–water partition coefficient (Wildman–Crippen LogP) is 2.49. The Morgan fingerprint density at radius 3 is 2.45 bits per heavy atom. The van der Waals surface area contributed by atoms with Crippen LogP contribution >= 0.6 is 0 Å². The number of carboxylic acid groups (broad SMARTS) is 1. The minimum absolute atomic E-state index is 0.336. The first-order valence-electron chi connectivity index (χ1n) is 6.99. The predicted molar refractivity (Wildman–Crippen MR) is 84.6 cm³/mol. The molecule has 1 heterocycles. The zero-order valence-corrected chi connectivity index (χ0v) is 12.4. The van der Waals surface area contributed by atoms with Gasteiger partial charge < -0.3 is 5.11 Å². The monoisotopic (exact) mass is 296 g/mol. The Morgan fingerprint density at radius 2 is 1.77 bits per heavy atom. The second kappa shape index (κ2) is 5.18. The molecule has 0 bridgehead atoms. The van der Waals surface area contributed by atoms with E-state index in [1.54, 1.807) is 16.7 Å². The number of imidazole rings is 1. The van der Waals surface area contributed by atoms with E-state index in [4.69, 9.17) is 5.11 Å². The third-order valence-electron chi connectivity index (χ3n) is 3.73. The normalized spacial score (nSPS) is 11.0. The number of para-hydroxylation sites is 2. The average molecular weight is 296 g/mol. The number of aryl methyl sites for hydroxylation is 2. The smallest absolute Gasteiger partial charge is 0.334 e. The SMILES string of the molecule is Cc1ccc(C)c(-n2c(=O)n(CC(=O)O)c3ccccc32)c1. The fourth-order valence-corrected chi connectivity index (χ4v) is 2.69. The van der Waals surface area contributed by atoms with Crippen LogP contribution in [-0.4, -0.2) is 20.2 Å². The van der Waals surface area contributed by atoms with Crippen molar-refractivity contribution in [3.05, 3.63) is 64.1 Å². The summed E-state index contributed by atoms with van der Waals surface area (Å²) in [5.41, 5.74) is 3.79. The number of aliphatic carboxylic acids is 1. The lowest BCUT2D eigenvalue weighted by Gasteiger charge is -2.08. The summed E-state index contributed by atoms with van der Waals surface area (Å²) >= 11 is 0. The molecule has 2 aromatic carbocycles. The highest BCUT2D eigenvalue weighted by Gasteiger charge is 2.17. The Hall–Kier alpha value is -2.82. The molecule has 3 rings (SSSR count). The van der Waals surface area contributed by atoms with Gasteiger partial charge in [-0.3, -0.25) is 13.9 Å². The fraction of sp³-hybridized carbons (Fsp3) is 0.176. The lowest BCUT2D eigenvalue weighted by Crippen LogP contribution is -2.26. The van der Waals surface area contributed by atoms with E-state index in [1.165, 1.54) is 4.57 Å². The maximum Gasteiger partial charge on any atom is 0.334 e. The Labute approximate surface area is 127 Å². The van der Waals surface area contributed by atoms with Gasteiger partial charge in [-0.2, -0.15) is 0 Å². The molecular weight excluding hydrogens is 280 g/mol. The van der Waals surface area contributed by atoms with Gasteiger partial charge >= 0.3 is 11.7 Å². The lowest BCUT2D eigenvalue weighted by atomic mass is 10.1. The number of nitrogens with zero attached hydrogens (tertiary/aromatic N) is 2. The number of hydrogen-bond acceptors (Lipinski definition) is 2. The van der Waals surface area contributed by atoms with Crippen LogP contribution in [0.5, 0.6) is 0 Å². The molecule has 0 aliphatic carbocycles. The highest BCUT2D eigenvalue weighted by atomic mass is 16.4. The van der Waals surface area contributed by atoms with Gasteiger partial charge in [0, 0.05) is 0 Å². The number of fused-ring (bicyclic) bond motifs is 1. The molecule has 5 heteroatoms. The molecule has 0 aliphatic rings. The second-order valence-corrected chi connectivity index (χ2v) is 5.38. The van der Waals surface area contributed by atoms with Crippen molar-refractivity contribution in [2.75, 3.05) is 0 Å². The van der Waals surface area contributed by atoms with Gasteiger partial charge in [-0.05, 0) is 43.2 Å². The van der Waals surface area contributed by atoms with E-state index in [2.05, 4.69) is 0 Å². The number of aromatic nitrogens is 2. The van der Waals surface area contributed by atoms with Gasteiger partial charge in [-0.25, -0.2) is 4.79 Å². The molecule has 112 valence electrons. The lowest BCUT2D eigenvalue weighted by molar-refractivity contribution is -0.137. The third kappa shape index (κ3) is 2.20. The molecule has 0 atom stereocenters. The molecule has 0 aliphatic heterocycles. The van der Waals surface area contributed by atoms with Crippen molar-refractivity contribution in [3.8, 4) is 5.69 Å². The average Bonchev–Trinajstić information content (AvgIpc) is 2.74. The van der Waals surface area contributed by atoms with Gasteiger partial charge in [0.15, 0.2) is 0 Å². The molecule has 0 spiro atoms. The summed E-state index contributed by atoms with van der Waals surface area (Å²) in [4.78, 5) is 23.8. The van der Waals surface area contributed by atoms with Gasteiger partial charge in [0.05, 0.1) is 16.7 Å². The molecule has 0 amide bonds. The summed E-state index contributed by atoms with van der Waals surface area (Å²) in [5, 5.41) is 9.06. The van der Waals surface area contributed by atoms with Crippen molar-refractivity contribution < 1.29 is 9.90 Å². The first kappa shape index (κ1) is 14.1. The summed E-state index contributed by atoms with van der Waals surface area (Å²) < 4.78 is 2.88. The molecule has 5 nitrogen and oxygen atoms in total. The van der Waals surface area contributed by atoms with Crippen molar-refractivity contribution in [3.63, 3.8) is 0 Å². The van der Waals surface area contributed by atoms with Gasteiger partial charge in [0.1, 0.15) is 6.54 Å². The summed E-state index contributed by atoms with van der Waals surface area (Å²) in [6, 6.07) is 13.1. The Morgan fingerprint density at radius 1 is 1.09 bits per heavy atom. The van der Waals surface area contributed by atoms with Crippen molar-refractivity contribution >= 4 is 17.0 Å². The van der Waals surface area contributed by atoms with E-state index in [0.717, 1.165) is 16.8 Å². The number of benzene rings is 2. The minimum atomic E-state index is -1.04. The molecular formula is C17H16N2O3. The van der Waals surface area contributed by atoms with E-state index in [9.17, 15) is 9.59 Å². The molecule has 1 N–H and O–H groups in total. The van der Waals surface area contributed by atoms with Crippen LogP contribution in [0.1, 0.15) is 11.1 Å². The topological polar surface area (TPSA) is 64.2 Å². The number of rotatable bonds is 3. The summed E-state index contributed by atoms with van der Waals surface area (Å²) in [7, 11) is 0. The molecule has 0 unspecified atom stereocenters. The number of carboxylic acids is 1. The molecule has 22 heavy (non-hydrogen) atoms. The molecule has 3 aromatic rings. The third-order valence-corrected chi connectivity index (χ3v) is 3.73. The molecule has 0 saturated carbocycles. The van der Waals surface area contributed by atoms with Crippen molar-refractivity contribution in [2.24, 2.45) is 0 Å². The Bertz CT molecular complexity index is 935. The van der Waals surface area contributed by atoms with E-state index < -0.39 is 5.97 Å². The van der Waals surface area contributed by atoms with E-state index >= 15 is 0 Å². The van der Waals surface area contributed by atoms with Crippen LogP contribution in [-0.2, 0) is 11.3 Å². The minimum Gasteiger partial charge on any atom is -0.480 e. The molecule has 1 aromatic heterocycles. The van der Waals surface area contributed by atoms with Gasteiger partial charge in [0.2, 0.25) is 0 Å². The summed E-state index contributed by atoms with van der Waals surface area (Å²) in [6.07, 6.45) is 0. The molecule has 0 fully saturated rings. The highest BCUT2D eigenvalue weighted by Crippen LogP contribution is 2.21. The van der Waals surface area contributed by atoms with Crippen LogP contribution in [0.2, 0.25) is 0 Å². The highest BCUT2D eigenvalue weighted by molar-refractivity contribution is 5.80. The number of carbonyl (C=O) groups is 1. The summed E-state index contributed by atoms with van der Waals surface area (Å²) in [6.45, 7) is 3.55. The van der Waals surface area contributed by atoms with Crippen LogP contribution in [0.4, 0.5) is 0 Å². The van der Waals surface area contributed by atoms with Gasteiger partial charge in [-0.1, -0.05) is 24.3 Å². The van der Waals surface area contributed by atoms with Crippen molar-refractivity contribution in [2.45, 2.75) is 20.4 Å². The van der Waals surface area contributed by atoms with E-state index in [1.807, 2.05) is 44.2 Å². The number of hydrogen-bond donors (Lipinski definition) is 1. The first-order chi connectivity index (χ1) is 10.5. The zero-order chi connectivity index (χ0) is 15.9. The maximum absolute atomic E-state index is 12.8. The fourth-order valence-electron chi connectivity index (χ4n) is 2.69. The van der Waals surface area contributed by atoms with Crippen LogP contribution in [0, 0.1) is 13.8 Å². The Balaban J connectivity index is 2.40. The zero-order valence-electron chi connectivity index (χ0n) is 12.4.